The second kappa shape index (κ2) is 5.51. The van der Waals surface area contributed by atoms with Gasteiger partial charge in [0, 0.05) is 11.8 Å². The predicted molar refractivity (Wildman–Crippen MR) is 78.3 cm³/mol. The van der Waals surface area contributed by atoms with Crippen LogP contribution in [0.4, 0.5) is 26.3 Å². The molecule has 0 aliphatic carbocycles. The first-order valence-corrected chi connectivity index (χ1v) is 7.29. The Kier molecular flexibility index (Phi) is 3.86. The van der Waals surface area contributed by atoms with Crippen LogP contribution in [-0.4, -0.2) is 9.61 Å². The lowest BCUT2D eigenvalue weighted by Crippen LogP contribution is -2.06. The number of hydrogen-bond acceptors (Lipinski definition) is 1. The van der Waals surface area contributed by atoms with Crippen LogP contribution in [0.2, 0.25) is 0 Å². The van der Waals surface area contributed by atoms with Crippen molar-refractivity contribution in [3.63, 3.8) is 0 Å². The van der Waals surface area contributed by atoms with Crippen molar-refractivity contribution < 1.29 is 26.3 Å². The largest absolute Gasteiger partial charge is 0.417 e. The molecule has 2 aromatic heterocycles. The van der Waals surface area contributed by atoms with E-state index in [2.05, 4.69) is 21.0 Å². The normalized spacial score (nSPS) is 12.8. The van der Waals surface area contributed by atoms with Gasteiger partial charge in [0.15, 0.2) is 0 Å². The van der Waals surface area contributed by atoms with Gasteiger partial charge in [0.1, 0.15) is 5.69 Å². The number of aromatic nitrogens is 2. The summed E-state index contributed by atoms with van der Waals surface area (Å²) >= 11 is 3.23. The lowest BCUT2D eigenvalue weighted by atomic mass is 10.1. The van der Waals surface area contributed by atoms with Crippen LogP contribution in [0.1, 0.15) is 11.1 Å². The topological polar surface area (TPSA) is 17.3 Å². The van der Waals surface area contributed by atoms with E-state index in [9.17, 15) is 26.3 Å². The molecule has 9 heteroatoms. The van der Waals surface area contributed by atoms with Crippen LogP contribution < -0.4 is 0 Å². The van der Waals surface area contributed by atoms with Crippen LogP contribution in [0.15, 0.2) is 47.1 Å². The molecule has 0 unspecified atom stereocenters. The van der Waals surface area contributed by atoms with Gasteiger partial charge in [-0.05, 0) is 40.2 Å². The van der Waals surface area contributed by atoms with E-state index in [0.717, 1.165) is 28.9 Å². The average Bonchev–Trinajstić information content (AvgIpc) is 2.82. The van der Waals surface area contributed by atoms with Gasteiger partial charge in [0.05, 0.1) is 21.1 Å². The molecule has 0 aliphatic heterocycles. The summed E-state index contributed by atoms with van der Waals surface area (Å²) in [6.07, 6.45) is -8.15. The van der Waals surface area contributed by atoms with Crippen LogP contribution in [0.3, 0.4) is 0 Å². The molecule has 0 spiro atoms. The van der Waals surface area contributed by atoms with Crippen molar-refractivity contribution in [2.24, 2.45) is 0 Å². The van der Waals surface area contributed by atoms with Crippen molar-refractivity contribution in [2.45, 2.75) is 12.4 Å². The van der Waals surface area contributed by atoms with Crippen molar-refractivity contribution in [1.82, 2.24) is 9.61 Å². The third kappa shape index (κ3) is 3.00. The number of halogens is 7. The first-order valence-electron chi connectivity index (χ1n) is 6.50. The van der Waals surface area contributed by atoms with E-state index in [1.165, 1.54) is 18.2 Å². The summed E-state index contributed by atoms with van der Waals surface area (Å²) in [5, 5.41) is 4.04. The molecule has 0 saturated heterocycles. The fraction of sp³-hybridized carbons (Fsp3) is 0.133. The summed E-state index contributed by atoms with van der Waals surface area (Å²) in [7, 11) is 0. The quantitative estimate of drug-likeness (QED) is 0.465. The minimum absolute atomic E-state index is 0.253. The summed E-state index contributed by atoms with van der Waals surface area (Å²) in [6, 6.07) is 6.39. The Balaban J connectivity index is 2.08. The third-order valence-corrected chi connectivity index (χ3v) is 4.16. The van der Waals surface area contributed by atoms with Crippen molar-refractivity contribution in [1.29, 1.82) is 0 Å². The molecular formula is C15H7BrF6N2. The van der Waals surface area contributed by atoms with E-state index in [4.69, 9.17) is 0 Å². The first-order chi connectivity index (χ1) is 11.1. The Hall–Kier alpha value is -2.03. The summed E-state index contributed by atoms with van der Waals surface area (Å²) in [5.41, 5.74) is -0.706. The van der Waals surface area contributed by atoms with Gasteiger partial charge in [-0.2, -0.15) is 31.4 Å². The zero-order chi connectivity index (χ0) is 17.7. The molecule has 3 rings (SSSR count). The minimum Gasteiger partial charge on any atom is -0.239 e. The zero-order valence-electron chi connectivity index (χ0n) is 11.6. The summed E-state index contributed by atoms with van der Waals surface area (Å²) in [6.45, 7) is 0. The second-order valence-electron chi connectivity index (χ2n) is 4.98. The first kappa shape index (κ1) is 16.8. The highest BCUT2D eigenvalue weighted by Gasteiger charge is 2.32. The van der Waals surface area contributed by atoms with Crippen molar-refractivity contribution >= 4 is 21.4 Å². The Morgan fingerprint density at radius 1 is 0.792 bits per heavy atom. The van der Waals surface area contributed by atoms with Gasteiger partial charge in [-0.15, -0.1) is 0 Å². The van der Waals surface area contributed by atoms with Crippen LogP contribution in [0.25, 0.3) is 16.8 Å². The molecule has 126 valence electrons. The van der Waals surface area contributed by atoms with Gasteiger partial charge in [-0.25, -0.2) is 4.52 Å². The van der Waals surface area contributed by atoms with Crippen molar-refractivity contribution in [3.05, 3.63) is 58.2 Å². The lowest BCUT2D eigenvalue weighted by molar-refractivity contribution is -0.138. The van der Waals surface area contributed by atoms with Crippen LogP contribution in [0, 0.1) is 0 Å². The molecule has 0 fully saturated rings. The van der Waals surface area contributed by atoms with E-state index < -0.39 is 23.5 Å². The predicted octanol–water partition coefficient (Wildman–Crippen LogP) is 5.80. The molecule has 0 N–H and O–H groups in total. The van der Waals surface area contributed by atoms with Crippen LogP contribution in [0.5, 0.6) is 0 Å². The van der Waals surface area contributed by atoms with E-state index in [-0.39, 0.29) is 5.69 Å². The van der Waals surface area contributed by atoms with E-state index in [1.54, 1.807) is 0 Å². The Labute approximate surface area is 139 Å². The lowest BCUT2D eigenvalue weighted by Gasteiger charge is -2.06. The monoisotopic (exact) mass is 408 g/mol. The summed E-state index contributed by atoms with van der Waals surface area (Å²) in [5.74, 6) is 0. The van der Waals surface area contributed by atoms with Gasteiger partial charge < -0.3 is 0 Å². The van der Waals surface area contributed by atoms with Gasteiger partial charge in [0.25, 0.3) is 0 Å². The van der Waals surface area contributed by atoms with Gasteiger partial charge in [0.2, 0.25) is 0 Å². The van der Waals surface area contributed by atoms with E-state index in [1.807, 2.05) is 0 Å². The highest BCUT2D eigenvalue weighted by molar-refractivity contribution is 9.10. The molecule has 0 amide bonds. The van der Waals surface area contributed by atoms with Gasteiger partial charge in [-0.1, -0.05) is 12.1 Å². The molecule has 2 heterocycles. The van der Waals surface area contributed by atoms with Gasteiger partial charge in [-0.3, -0.25) is 0 Å². The van der Waals surface area contributed by atoms with Crippen LogP contribution in [-0.2, 0) is 12.4 Å². The second-order valence-corrected chi connectivity index (χ2v) is 5.78. The molecule has 2 nitrogen and oxygen atoms in total. The smallest absolute Gasteiger partial charge is 0.239 e. The fourth-order valence-corrected chi connectivity index (χ4v) is 2.81. The molecular weight excluding hydrogens is 402 g/mol. The number of nitrogens with zero attached hydrogens (tertiary/aromatic N) is 2. The number of pyridine rings is 1. The number of alkyl halides is 6. The minimum atomic E-state index is -4.51. The Bertz CT molecular complexity index is 893. The van der Waals surface area contributed by atoms with Crippen molar-refractivity contribution in [2.75, 3.05) is 0 Å². The number of rotatable bonds is 1. The molecule has 3 aromatic rings. The van der Waals surface area contributed by atoms with E-state index in [0.29, 0.717) is 15.6 Å². The van der Waals surface area contributed by atoms with Gasteiger partial charge >= 0.3 is 12.4 Å². The molecule has 0 atom stereocenters. The molecule has 0 aliphatic rings. The molecule has 1 aromatic carbocycles. The molecule has 24 heavy (non-hydrogen) atoms. The number of hydrogen-bond donors (Lipinski definition) is 0. The molecule has 0 saturated carbocycles. The Morgan fingerprint density at radius 3 is 1.88 bits per heavy atom. The number of fused-ring (bicyclic) bond motifs is 1. The molecule has 0 radical (unpaired) electrons. The maximum atomic E-state index is 12.7. The standard InChI is InChI=1S/C15H7BrF6N2/c16-12-11-6-5-10(15(20,21)22)7-24(11)23-13(12)8-1-3-9(4-2-8)14(17,18)19/h1-7H. The Morgan fingerprint density at radius 2 is 1.33 bits per heavy atom. The third-order valence-electron chi connectivity index (χ3n) is 3.38. The summed E-state index contributed by atoms with van der Waals surface area (Å²) in [4.78, 5) is 0. The average molecular weight is 409 g/mol. The highest BCUT2D eigenvalue weighted by atomic mass is 79.9. The number of benzene rings is 1. The highest BCUT2D eigenvalue weighted by Crippen LogP contribution is 2.36. The fourth-order valence-electron chi connectivity index (χ4n) is 2.19. The SMILES string of the molecule is FC(F)(F)c1ccc(-c2nn3cc(C(F)(F)F)ccc3c2Br)cc1. The maximum absolute atomic E-state index is 12.7. The van der Waals surface area contributed by atoms with Crippen LogP contribution >= 0.6 is 15.9 Å². The summed E-state index contributed by atoms with van der Waals surface area (Å²) < 4.78 is 77.4. The van der Waals surface area contributed by atoms with E-state index >= 15 is 0 Å². The molecule has 0 bridgehead atoms. The zero-order valence-corrected chi connectivity index (χ0v) is 13.2. The maximum Gasteiger partial charge on any atom is 0.417 e. The van der Waals surface area contributed by atoms with Crippen molar-refractivity contribution in [3.8, 4) is 11.3 Å².